The molecule has 0 unspecified atom stereocenters. The van der Waals surface area contributed by atoms with Crippen molar-refractivity contribution in [3.05, 3.63) is 64.7 Å². The van der Waals surface area contributed by atoms with Crippen molar-refractivity contribution < 1.29 is 24.5 Å². The molecular weight excluding hydrogens is 548 g/mol. The molecule has 0 radical (unpaired) electrons. The van der Waals surface area contributed by atoms with E-state index in [-0.39, 0.29) is 47.2 Å². The van der Waals surface area contributed by atoms with Crippen LogP contribution in [0.4, 0.5) is 0 Å². The minimum absolute atomic E-state index is 0.0120. The van der Waals surface area contributed by atoms with Crippen LogP contribution < -0.4 is 0 Å². The van der Waals surface area contributed by atoms with Crippen LogP contribution in [0.15, 0.2) is 46.5 Å². The van der Waals surface area contributed by atoms with E-state index >= 15 is 0 Å². The van der Waals surface area contributed by atoms with Crippen molar-refractivity contribution in [2.45, 2.75) is 64.9 Å². The maximum absolute atomic E-state index is 13.7. The zero-order chi connectivity index (χ0) is 28.4. The first-order valence-electron chi connectivity index (χ1n) is 12.8. The van der Waals surface area contributed by atoms with Crippen LogP contribution in [0.5, 0.6) is 5.75 Å². The van der Waals surface area contributed by atoms with Crippen LogP contribution in [-0.2, 0) is 20.4 Å². The van der Waals surface area contributed by atoms with Crippen LogP contribution in [0.3, 0.4) is 0 Å². The number of aromatic hydroxyl groups is 1. The van der Waals surface area contributed by atoms with Gasteiger partial charge in [0, 0.05) is 23.2 Å². The number of nitrogens with zero attached hydrogens (tertiary/aromatic N) is 2. The number of ketones is 1. The number of phenols is 1. The van der Waals surface area contributed by atoms with Crippen molar-refractivity contribution in [3.8, 4) is 5.75 Å². The molecule has 3 atom stereocenters. The first-order chi connectivity index (χ1) is 17.7. The highest BCUT2D eigenvalue weighted by Crippen LogP contribution is 2.41. The molecule has 1 aliphatic rings. The molecule has 0 aliphatic carbocycles. The van der Waals surface area contributed by atoms with Crippen molar-refractivity contribution in [1.29, 1.82) is 0 Å². The number of phenolic OH excluding ortho intramolecular Hbond substituents is 1. The van der Waals surface area contributed by atoms with Gasteiger partial charge in [-0.3, -0.25) is 9.59 Å². The maximum Gasteiger partial charge on any atom is 0.305 e. The summed E-state index contributed by atoms with van der Waals surface area (Å²) in [7, 11) is 1.34. The molecule has 3 rings (SSSR count). The minimum atomic E-state index is -0.920. The SMILES string of the molecule is COC(=O)C[C@@H]1CN(CC(=O)c2cc(C(C)(C)C)c(O)c(C(C)(C)C)c2)/C(=N\Br)[C@@H]1[C@@H](O)c1ccccc1. The minimum Gasteiger partial charge on any atom is -0.507 e. The number of Topliss-reactive ketones (excluding diaryl/α,β-unsaturated/α-hetero) is 1. The van der Waals surface area contributed by atoms with Gasteiger partial charge in [-0.2, -0.15) is 4.02 Å². The number of esters is 1. The number of ether oxygens (including phenoxy) is 1. The highest BCUT2D eigenvalue weighted by atomic mass is 79.9. The molecule has 1 saturated heterocycles. The zero-order valence-corrected chi connectivity index (χ0v) is 24.9. The van der Waals surface area contributed by atoms with Crippen LogP contribution in [0, 0.1) is 11.8 Å². The summed E-state index contributed by atoms with van der Waals surface area (Å²) >= 11 is 3.21. The number of methoxy groups -OCH3 is 1. The van der Waals surface area contributed by atoms with E-state index < -0.39 is 12.0 Å². The molecule has 38 heavy (non-hydrogen) atoms. The van der Waals surface area contributed by atoms with Gasteiger partial charge in [0.1, 0.15) is 11.6 Å². The van der Waals surface area contributed by atoms with Crippen LogP contribution in [0.25, 0.3) is 0 Å². The topological polar surface area (TPSA) is 99.4 Å². The monoisotopic (exact) mass is 586 g/mol. The normalized spacial score (nSPS) is 20.0. The number of carbonyl (C=O) groups is 2. The van der Waals surface area contributed by atoms with Crippen LogP contribution >= 0.6 is 16.1 Å². The molecule has 0 spiro atoms. The van der Waals surface area contributed by atoms with Gasteiger partial charge in [-0.1, -0.05) is 71.9 Å². The third-order valence-corrected chi connectivity index (χ3v) is 7.56. The van der Waals surface area contributed by atoms with Gasteiger partial charge >= 0.3 is 5.97 Å². The lowest BCUT2D eigenvalue weighted by Gasteiger charge is -2.28. The molecule has 0 bridgehead atoms. The average Bonchev–Trinajstić information content (AvgIpc) is 3.18. The second-order valence-corrected chi connectivity index (χ2v) is 12.4. The van der Waals surface area contributed by atoms with Gasteiger partial charge in [0.2, 0.25) is 0 Å². The van der Waals surface area contributed by atoms with Crippen molar-refractivity contribution in [3.63, 3.8) is 0 Å². The number of aliphatic hydroxyl groups is 1. The smallest absolute Gasteiger partial charge is 0.305 e. The Bertz CT molecular complexity index is 1160. The van der Waals surface area contributed by atoms with Crippen LogP contribution in [0.1, 0.15) is 81.1 Å². The Morgan fingerprint density at radius 3 is 2.11 bits per heavy atom. The second kappa shape index (κ2) is 11.6. The number of carbonyl (C=O) groups excluding carboxylic acids is 2. The molecule has 0 aromatic heterocycles. The third-order valence-electron chi connectivity index (χ3n) is 7.19. The molecule has 2 aromatic carbocycles. The fraction of sp³-hybridized carbons (Fsp3) is 0.500. The number of likely N-dealkylation sites (tertiary alicyclic amines) is 1. The number of benzene rings is 2. The fourth-order valence-electron chi connectivity index (χ4n) is 5.12. The van der Waals surface area contributed by atoms with Gasteiger partial charge in [-0.15, -0.1) is 0 Å². The summed E-state index contributed by atoms with van der Waals surface area (Å²) in [5.74, 6) is -0.619. The average molecular weight is 588 g/mol. The quantitative estimate of drug-likeness (QED) is 0.318. The van der Waals surface area contributed by atoms with E-state index in [1.54, 1.807) is 12.1 Å². The van der Waals surface area contributed by atoms with Gasteiger partial charge in [0.25, 0.3) is 0 Å². The molecular formula is C30H39BrN2O5. The Balaban J connectivity index is 1.99. The summed E-state index contributed by atoms with van der Waals surface area (Å²) in [5.41, 5.74) is 1.90. The predicted molar refractivity (Wildman–Crippen MR) is 153 cm³/mol. The fourth-order valence-corrected chi connectivity index (χ4v) is 5.58. The Morgan fingerprint density at radius 2 is 1.63 bits per heavy atom. The third kappa shape index (κ3) is 6.46. The lowest BCUT2D eigenvalue weighted by molar-refractivity contribution is -0.142. The highest BCUT2D eigenvalue weighted by molar-refractivity contribution is 9.08. The molecule has 1 aliphatic heterocycles. The second-order valence-electron chi connectivity index (χ2n) is 12.1. The Kier molecular flexibility index (Phi) is 9.09. The van der Waals surface area contributed by atoms with E-state index in [4.69, 9.17) is 4.74 Å². The van der Waals surface area contributed by atoms with Crippen molar-refractivity contribution in [2.24, 2.45) is 15.9 Å². The Labute approximate surface area is 234 Å². The van der Waals surface area contributed by atoms with Crippen molar-refractivity contribution >= 4 is 33.7 Å². The predicted octanol–water partition coefficient (Wildman–Crippen LogP) is 5.72. The van der Waals surface area contributed by atoms with Crippen LogP contribution in [-0.4, -0.2) is 52.9 Å². The van der Waals surface area contributed by atoms with E-state index in [2.05, 4.69) is 20.2 Å². The summed E-state index contributed by atoms with van der Waals surface area (Å²) in [5, 5.41) is 22.4. The molecule has 1 fully saturated rings. The van der Waals surface area contributed by atoms with Gasteiger partial charge < -0.3 is 19.8 Å². The largest absolute Gasteiger partial charge is 0.507 e. The number of hydrogen-bond donors (Lipinski definition) is 2. The standard InChI is InChI=1S/C30H39BrN2O5/c1-29(2,3)21-13-19(14-22(27(21)37)30(4,5)6)23(34)17-33-16-20(15-24(35)38-7)25(28(33)32-31)26(36)18-11-9-8-10-12-18/h8-14,20,25-26,36-37H,15-17H2,1-7H3/b32-28-/t20-,25+,26+/m1/s1. The number of amidine groups is 1. The number of rotatable bonds is 7. The number of halogens is 1. The molecule has 2 N–H and O–H groups in total. The van der Waals surface area contributed by atoms with E-state index in [9.17, 15) is 19.8 Å². The molecule has 8 heteroatoms. The Morgan fingerprint density at radius 1 is 1.08 bits per heavy atom. The van der Waals surface area contributed by atoms with E-state index in [0.29, 0.717) is 34.6 Å². The summed E-state index contributed by atoms with van der Waals surface area (Å²) in [4.78, 5) is 27.8. The summed E-state index contributed by atoms with van der Waals surface area (Å²) < 4.78 is 9.23. The molecule has 0 saturated carbocycles. The van der Waals surface area contributed by atoms with E-state index in [1.807, 2.05) is 76.8 Å². The lowest BCUT2D eigenvalue weighted by atomic mass is 9.78. The molecule has 1 heterocycles. The maximum atomic E-state index is 13.7. The summed E-state index contributed by atoms with van der Waals surface area (Å²) in [6.45, 7) is 12.4. The van der Waals surface area contributed by atoms with Crippen LogP contribution in [0.2, 0.25) is 0 Å². The number of hydrogen-bond acceptors (Lipinski definition) is 6. The number of aliphatic hydroxyl groups excluding tert-OH is 1. The lowest BCUT2D eigenvalue weighted by Crippen LogP contribution is -2.34. The van der Waals surface area contributed by atoms with E-state index in [1.165, 1.54) is 7.11 Å². The molecule has 206 valence electrons. The zero-order valence-electron chi connectivity index (χ0n) is 23.3. The van der Waals surface area contributed by atoms with Crippen molar-refractivity contribution in [2.75, 3.05) is 20.2 Å². The summed E-state index contributed by atoms with van der Waals surface area (Å²) in [6.07, 6.45) is -0.834. The molecule has 0 amide bonds. The van der Waals surface area contributed by atoms with Gasteiger partial charge in [-0.25, -0.2) is 0 Å². The first kappa shape index (κ1) is 29.8. The Hall–Kier alpha value is -2.71. The first-order valence-corrected chi connectivity index (χ1v) is 13.5. The van der Waals surface area contributed by atoms with Gasteiger partial charge in [0.15, 0.2) is 5.78 Å². The molecule has 2 aromatic rings. The van der Waals surface area contributed by atoms with Gasteiger partial charge in [-0.05, 0) is 34.4 Å². The summed E-state index contributed by atoms with van der Waals surface area (Å²) in [6, 6.07) is 12.8. The molecule has 7 nitrogen and oxygen atoms in total. The van der Waals surface area contributed by atoms with Crippen molar-refractivity contribution in [1.82, 2.24) is 4.90 Å². The van der Waals surface area contributed by atoms with Gasteiger partial charge in [0.05, 0.1) is 48.2 Å². The van der Waals surface area contributed by atoms with E-state index in [0.717, 1.165) is 0 Å². The highest BCUT2D eigenvalue weighted by Gasteiger charge is 2.44.